The molecule has 2 aromatic heterocycles. The molecule has 0 aliphatic carbocycles. The normalized spacial score (nSPS) is 10.4. The Labute approximate surface area is 110 Å². The molecule has 96 valence electrons. The van der Waals surface area contributed by atoms with Gasteiger partial charge in [0.2, 0.25) is 5.95 Å². The van der Waals surface area contributed by atoms with Crippen LogP contribution in [0.1, 0.15) is 12.7 Å². The minimum Gasteiger partial charge on any atom is -0.361 e. The monoisotopic (exact) mass is 267 g/mol. The maximum atomic E-state index is 6.01. The van der Waals surface area contributed by atoms with Gasteiger partial charge in [0.1, 0.15) is 11.3 Å². The number of rotatable bonds is 5. The van der Waals surface area contributed by atoms with Crippen molar-refractivity contribution in [3.63, 3.8) is 0 Å². The van der Waals surface area contributed by atoms with E-state index in [1.807, 2.05) is 14.0 Å². The molecule has 8 heteroatoms. The first kappa shape index (κ1) is 12.6. The van der Waals surface area contributed by atoms with Crippen LogP contribution in [0.4, 0.5) is 11.8 Å². The molecule has 0 radical (unpaired) electrons. The standard InChI is InChI=1S/C10H14ClN7/c1-3-12-10-14-4-7(11)9(16-10)13-5-8-15-6-18(2)17-8/h4,6H,3,5H2,1-2H3,(H2,12,13,14,16). The highest BCUT2D eigenvalue weighted by molar-refractivity contribution is 6.32. The van der Waals surface area contributed by atoms with Gasteiger partial charge in [0.25, 0.3) is 0 Å². The van der Waals surface area contributed by atoms with Crippen molar-refractivity contribution in [1.29, 1.82) is 0 Å². The third-order valence-corrected chi connectivity index (χ3v) is 2.42. The molecule has 0 aliphatic rings. The van der Waals surface area contributed by atoms with Crippen molar-refractivity contribution in [2.45, 2.75) is 13.5 Å². The van der Waals surface area contributed by atoms with Crippen molar-refractivity contribution in [2.24, 2.45) is 7.05 Å². The van der Waals surface area contributed by atoms with Gasteiger partial charge >= 0.3 is 0 Å². The number of hydrogen-bond acceptors (Lipinski definition) is 6. The van der Waals surface area contributed by atoms with Crippen molar-refractivity contribution in [2.75, 3.05) is 17.2 Å². The topological polar surface area (TPSA) is 80.5 Å². The Morgan fingerprint density at radius 1 is 1.33 bits per heavy atom. The van der Waals surface area contributed by atoms with Crippen LogP contribution < -0.4 is 10.6 Å². The third kappa shape index (κ3) is 3.07. The van der Waals surface area contributed by atoms with Crippen molar-refractivity contribution in [3.8, 4) is 0 Å². The van der Waals surface area contributed by atoms with Gasteiger partial charge in [0, 0.05) is 13.6 Å². The summed E-state index contributed by atoms with van der Waals surface area (Å²) in [5, 5.41) is 10.7. The lowest BCUT2D eigenvalue weighted by molar-refractivity contribution is 0.747. The molecule has 0 spiro atoms. The Kier molecular flexibility index (Phi) is 3.93. The van der Waals surface area contributed by atoms with E-state index in [2.05, 4.69) is 30.7 Å². The van der Waals surface area contributed by atoms with Crippen LogP contribution in [0.15, 0.2) is 12.5 Å². The Bertz CT molecular complexity index is 525. The summed E-state index contributed by atoms with van der Waals surface area (Å²) >= 11 is 6.01. The molecule has 0 amide bonds. The van der Waals surface area contributed by atoms with E-state index in [1.54, 1.807) is 17.2 Å². The summed E-state index contributed by atoms with van der Waals surface area (Å²) in [4.78, 5) is 12.4. The summed E-state index contributed by atoms with van der Waals surface area (Å²) in [6.07, 6.45) is 3.20. The van der Waals surface area contributed by atoms with Crippen LogP contribution >= 0.6 is 11.6 Å². The number of anilines is 2. The lowest BCUT2D eigenvalue weighted by atomic mass is 10.5. The fraction of sp³-hybridized carbons (Fsp3) is 0.400. The average molecular weight is 268 g/mol. The molecule has 0 atom stereocenters. The fourth-order valence-corrected chi connectivity index (χ4v) is 1.52. The van der Waals surface area contributed by atoms with Crippen LogP contribution in [0, 0.1) is 0 Å². The van der Waals surface area contributed by atoms with E-state index >= 15 is 0 Å². The Hall–Kier alpha value is -1.89. The van der Waals surface area contributed by atoms with Gasteiger partial charge in [-0.15, -0.1) is 0 Å². The summed E-state index contributed by atoms with van der Waals surface area (Å²) in [6.45, 7) is 3.19. The summed E-state index contributed by atoms with van der Waals surface area (Å²) in [5.41, 5.74) is 0. The highest BCUT2D eigenvalue weighted by atomic mass is 35.5. The highest BCUT2D eigenvalue weighted by Crippen LogP contribution is 2.19. The first-order valence-corrected chi connectivity index (χ1v) is 5.91. The maximum Gasteiger partial charge on any atom is 0.224 e. The Morgan fingerprint density at radius 3 is 2.83 bits per heavy atom. The molecule has 0 saturated heterocycles. The fourth-order valence-electron chi connectivity index (χ4n) is 1.36. The second kappa shape index (κ2) is 5.63. The van der Waals surface area contributed by atoms with Gasteiger partial charge in [-0.2, -0.15) is 10.1 Å². The molecule has 0 aromatic carbocycles. The second-order valence-electron chi connectivity index (χ2n) is 3.61. The molecule has 2 aromatic rings. The molecular formula is C10H14ClN7. The van der Waals surface area contributed by atoms with E-state index in [1.165, 1.54) is 0 Å². The summed E-state index contributed by atoms with van der Waals surface area (Å²) < 4.78 is 1.64. The van der Waals surface area contributed by atoms with Gasteiger partial charge in [-0.1, -0.05) is 11.6 Å². The minimum absolute atomic E-state index is 0.461. The first-order chi connectivity index (χ1) is 8.69. The van der Waals surface area contributed by atoms with Gasteiger partial charge in [-0.25, -0.2) is 9.97 Å². The van der Waals surface area contributed by atoms with Crippen LogP contribution in [0.2, 0.25) is 5.02 Å². The van der Waals surface area contributed by atoms with E-state index in [-0.39, 0.29) is 0 Å². The molecule has 0 aliphatic heterocycles. The Balaban J connectivity index is 2.05. The van der Waals surface area contributed by atoms with Crippen molar-refractivity contribution in [3.05, 3.63) is 23.4 Å². The predicted octanol–water partition coefficient (Wildman–Crippen LogP) is 1.30. The van der Waals surface area contributed by atoms with Gasteiger partial charge in [-0.05, 0) is 6.92 Å². The Morgan fingerprint density at radius 2 is 2.17 bits per heavy atom. The van der Waals surface area contributed by atoms with Crippen molar-refractivity contribution < 1.29 is 0 Å². The summed E-state index contributed by atoms with van der Waals surface area (Å²) in [5.74, 6) is 1.78. The van der Waals surface area contributed by atoms with E-state index < -0.39 is 0 Å². The highest BCUT2D eigenvalue weighted by Gasteiger charge is 2.06. The van der Waals surface area contributed by atoms with Crippen LogP contribution in [-0.4, -0.2) is 31.3 Å². The zero-order chi connectivity index (χ0) is 13.0. The minimum atomic E-state index is 0.461. The average Bonchev–Trinajstić information content (AvgIpc) is 2.76. The first-order valence-electron chi connectivity index (χ1n) is 5.54. The predicted molar refractivity (Wildman–Crippen MR) is 69.5 cm³/mol. The lowest BCUT2D eigenvalue weighted by Gasteiger charge is -2.07. The molecule has 0 saturated carbocycles. The number of nitrogens with one attached hydrogen (secondary N) is 2. The molecule has 18 heavy (non-hydrogen) atoms. The SMILES string of the molecule is CCNc1ncc(Cl)c(NCc2ncn(C)n2)n1. The van der Waals surface area contributed by atoms with E-state index in [0.717, 1.165) is 6.54 Å². The quantitative estimate of drug-likeness (QED) is 0.850. The van der Waals surface area contributed by atoms with Crippen LogP contribution in [0.3, 0.4) is 0 Å². The zero-order valence-corrected chi connectivity index (χ0v) is 10.9. The number of hydrogen-bond donors (Lipinski definition) is 2. The molecule has 2 rings (SSSR count). The molecule has 0 unspecified atom stereocenters. The van der Waals surface area contributed by atoms with Gasteiger partial charge < -0.3 is 10.6 Å². The molecule has 2 heterocycles. The molecule has 0 fully saturated rings. The van der Waals surface area contributed by atoms with Crippen molar-refractivity contribution >= 4 is 23.4 Å². The van der Waals surface area contributed by atoms with E-state index in [9.17, 15) is 0 Å². The summed E-state index contributed by atoms with van der Waals surface area (Å²) in [6, 6.07) is 0. The van der Waals surface area contributed by atoms with Gasteiger partial charge in [-0.3, -0.25) is 4.68 Å². The van der Waals surface area contributed by atoms with Crippen LogP contribution in [-0.2, 0) is 13.6 Å². The lowest BCUT2D eigenvalue weighted by Crippen LogP contribution is -2.08. The van der Waals surface area contributed by atoms with Crippen LogP contribution in [0.25, 0.3) is 0 Å². The molecule has 7 nitrogen and oxygen atoms in total. The molecule has 0 bridgehead atoms. The summed E-state index contributed by atoms with van der Waals surface area (Å²) in [7, 11) is 1.82. The number of halogens is 1. The number of aromatic nitrogens is 5. The largest absolute Gasteiger partial charge is 0.361 e. The van der Waals surface area contributed by atoms with E-state index in [4.69, 9.17) is 11.6 Å². The number of aryl methyl sites for hydroxylation is 1. The van der Waals surface area contributed by atoms with Gasteiger partial charge in [0.05, 0.1) is 12.7 Å². The van der Waals surface area contributed by atoms with Gasteiger partial charge in [0.15, 0.2) is 11.6 Å². The number of nitrogens with zero attached hydrogens (tertiary/aromatic N) is 5. The zero-order valence-electron chi connectivity index (χ0n) is 10.2. The van der Waals surface area contributed by atoms with Crippen LogP contribution in [0.5, 0.6) is 0 Å². The third-order valence-electron chi connectivity index (χ3n) is 2.14. The molecular weight excluding hydrogens is 254 g/mol. The smallest absolute Gasteiger partial charge is 0.224 e. The maximum absolute atomic E-state index is 6.01. The van der Waals surface area contributed by atoms with Crippen molar-refractivity contribution in [1.82, 2.24) is 24.7 Å². The van der Waals surface area contributed by atoms with E-state index in [0.29, 0.717) is 29.2 Å². The molecule has 2 N–H and O–H groups in total. The second-order valence-corrected chi connectivity index (χ2v) is 4.02.